The quantitative estimate of drug-likeness (QED) is 0.0975. The fourth-order valence-corrected chi connectivity index (χ4v) is 5.20. The summed E-state index contributed by atoms with van der Waals surface area (Å²) in [7, 11) is 4.31. The molecule has 0 saturated heterocycles. The van der Waals surface area contributed by atoms with Gasteiger partial charge in [-0.1, -0.05) is 42.5 Å². The van der Waals surface area contributed by atoms with E-state index in [1.807, 2.05) is 6.07 Å². The molecule has 236 valence electrons. The van der Waals surface area contributed by atoms with Gasteiger partial charge < -0.3 is 30.2 Å². The zero-order valence-electron chi connectivity index (χ0n) is 25.7. The minimum absolute atomic E-state index is 0.00357. The van der Waals surface area contributed by atoms with Crippen LogP contribution in [0.2, 0.25) is 0 Å². The molecule has 4 aromatic rings. The molecule has 46 heavy (non-hydrogen) atoms. The Morgan fingerprint density at radius 3 is 2.20 bits per heavy atom. The van der Waals surface area contributed by atoms with Crippen LogP contribution in [0.4, 0.5) is 11.4 Å². The van der Waals surface area contributed by atoms with Gasteiger partial charge in [-0.3, -0.25) is 14.4 Å². The second-order valence-electron chi connectivity index (χ2n) is 9.76. The molecule has 0 aromatic heterocycles. The maximum atomic E-state index is 13.6. The standard InChI is InChI=1S/C35H33N3O7S/c1-22(32(39)37-28-16-9-8-15-27(28)35(42)45-4)46-26-14-10-13-25(21-26)36-34(41)29(38-33(40)24-11-6-5-7-12-24)19-23-17-18-30(43-2)31(20-23)44-3/h5-22H,1-4H3,(H,36,41)(H,37,39)(H,38,40)/b29-19+. The van der Waals surface area contributed by atoms with Gasteiger partial charge in [0.15, 0.2) is 11.5 Å². The summed E-state index contributed by atoms with van der Waals surface area (Å²) in [5, 5.41) is 7.78. The van der Waals surface area contributed by atoms with Crippen molar-refractivity contribution in [3.05, 3.63) is 119 Å². The number of methoxy groups -OCH3 is 3. The maximum Gasteiger partial charge on any atom is 0.339 e. The van der Waals surface area contributed by atoms with Crippen molar-refractivity contribution in [3.63, 3.8) is 0 Å². The molecular formula is C35H33N3O7S. The lowest BCUT2D eigenvalue weighted by Gasteiger charge is -2.15. The third kappa shape index (κ3) is 8.76. The zero-order chi connectivity index (χ0) is 33.1. The van der Waals surface area contributed by atoms with Gasteiger partial charge in [0, 0.05) is 16.1 Å². The first-order chi connectivity index (χ1) is 22.2. The summed E-state index contributed by atoms with van der Waals surface area (Å²) in [5.74, 6) is -0.920. The first-order valence-corrected chi connectivity index (χ1v) is 15.0. The molecule has 0 bridgehead atoms. The van der Waals surface area contributed by atoms with E-state index in [2.05, 4.69) is 16.0 Å². The van der Waals surface area contributed by atoms with Gasteiger partial charge in [-0.15, -0.1) is 11.8 Å². The van der Waals surface area contributed by atoms with E-state index in [0.717, 1.165) is 0 Å². The lowest BCUT2D eigenvalue weighted by molar-refractivity contribution is -0.115. The number of anilines is 2. The lowest BCUT2D eigenvalue weighted by atomic mass is 10.1. The Bertz CT molecular complexity index is 1760. The Labute approximate surface area is 271 Å². The number of carbonyl (C=O) groups excluding carboxylic acids is 4. The average molecular weight is 640 g/mol. The molecule has 0 heterocycles. The van der Waals surface area contributed by atoms with Gasteiger partial charge in [0.2, 0.25) is 5.91 Å². The van der Waals surface area contributed by atoms with E-state index in [1.165, 1.54) is 39.2 Å². The molecule has 1 atom stereocenters. The number of hydrogen-bond acceptors (Lipinski definition) is 8. The molecule has 0 saturated carbocycles. The number of benzene rings is 4. The Kier molecular flexibility index (Phi) is 11.6. The smallest absolute Gasteiger partial charge is 0.339 e. The van der Waals surface area contributed by atoms with Gasteiger partial charge in [-0.2, -0.15) is 0 Å². The van der Waals surface area contributed by atoms with Crippen molar-refractivity contribution < 1.29 is 33.4 Å². The first kappa shape index (κ1) is 33.3. The molecule has 4 rings (SSSR count). The fourth-order valence-electron chi connectivity index (χ4n) is 4.27. The van der Waals surface area contributed by atoms with Crippen molar-refractivity contribution in [2.75, 3.05) is 32.0 Å². The molecule has 11 heteroatoms. The van der Waals surface area contributed by atoms with Crippen LogP contribution in [0.25, 0.3) is 6.08 Å². The Morgan fingerprint density at radius 2 is 1.48 bits per heavy atom. The van der Waals surface area contributed by atoms with E-state index in [4.69, 9.17) is 14.2 Å². The van der Waals surface area contributed by atoms with Gasteiger partial charge in [0.25, 0.3) is 11.8 Å². The van der Waals surface area contributed by atoms with Gasteiger partial charge in [0.05, 0.1) is 37.8 Å². The van der Waals surface area contributed by atoms with E-state index in [-0.39, 0.29) is 17.2 Å². The van der Waals surface area contributed by atoms with E-state index in [9.17, 15) is 19.2 Å². The molecule has 0 fully saturated rings. The number of esters is 1. The molecule has 0 aliphatic rings. The third-order valence-electron chi connectivity index (χ3n) is 6.61. The summed E-state index contributed by atoms with van der Waals surface area (Å²) in [6.07, 6.45) is 1.54. The van der Waals surface area contributed by atoms with Crippen molar-refractivity contribution in [2.45, 2.75) is 17.1 Å². The van der Waals surface area contributed by atoms with Crippen molar-refractivity contribution in [1.82, 2.24) is 5.32 Å². The van der Waals surface area contributed by atoms with E-state index in [0.29, 0.717) is 38.9 Å². The third-order valence-corrected chi connectivity index (χ3v) is 7.71. The molecule has 0 spiro atoms. The van der Waals surface area contributed by atoms with Crippen LogP contribution in [0.1, 0.15) is 33.2 Å². The van der Waals surface area contributed by atoms with Crippen LogP contribution < -0.4 is 25.4 Å². The molecule has 1 unspecified atom stereocenters. The van der Waals surface area contributed by atoms with Gasteiger partial charge in [0.1, 0.15) is 5.70 Å². The van der Waals surface area contributed by atoms with Gasteiger partial charge >= 0.3 is 5.97 Å². The van der Waals surface area contributed by atoms with Crippen LogP contribution in [-0.2, 0) is 14.3 Å². The Hall–Kier alpha value is -5.55. The highest BCUT2D eigenvalue weighted by atomic mass is 32.2. The molecular weight excluding hydrogens is 606 g/mol. The van der Waals surface area contributed by atoms with Crippen LogP contribution in [-0.4, -0.2) is 50.3 Å². The lowest BCUT2D eigenvalue weighted by Crippen LogP contribution is -2.30. The summed E-state index contributed by atoms with van der Waals surface area (Å²) in [6, 6.07) is 27.2. The number of nitrogens with one attached hydrogen (secondary N) is 3. The second-order valence-corrected chi connectivity index (χ2v) is 11.2. The molecule has 3 N–H and O–H groups in total. The van der Waals surface area contributed by atoms with Crippen molar-refractivity contribution in [2.24, 2.45) is 0 Å². The zero-order valence-corrected chi connectivity index (χ0v) is 26.5. The van der Waals surface area contributed by atoms with E-state index >= 15 is 0 Å². The molecule has 0 aliphatic carbocycles. The van der Waals surface area contributed by atoms with Crippen molar-refractivity contribution in [3.8, 4) is 11.5 Å². The highest BCUT2D eigenvalue weighted by Crippen LogP contribution is 2.29. The van der Waals surface area contributed by atoms with Crippen LogP contribution in [0, 0.1) is 0 Å². The molecule has 3 amide bonds. The Morgan fingerprint density at radius 1 is 0.761 bits per heavy atom. The van der Waals surface area contributed by atoms with Crippen LogP contribution in [0.3, 0.4) is 0 Å². The maximum absolute atomic E-state index is 13.6. The van der Waals surface area contributed by atoms with Crippen LogP contribution in [0.15, 0.2) is 108 Å². The van der Waals surface area contributed by atoms with E-state index < -0.39 is 23.0 Å². The highest BCUT2D eigenvalue weighted by Gasteiger charge is 2.20. The number of rotatable bonds is 12. The van der Waals surface area contributed by atoms with E-state index in [1.54, 1.807) is 97.9 Å². The summed E-state index contributed by atoms with van der Waals surface area (Å²) in [6.45, 7) is 1.73. The number of amides is 3. The topological polar surface area (TPSA) is 132 Å². The number of carbonyl (C=O) groups is 4. The summed E-state index contributed by atoms with van der Waals surface area (Å²) in [4.78, 5) is 52.4. The van der Waals surface area contributed by atoms with Crippen molar-refractivity contribution >= 4 is 52.9 Å². The number of thioether (sulfide) groups is 1. The SMILES string of the molecule is COC(=O)c1ccccc1NC(=O)C(C)Sc1cccc(NC(=O)/C(=C\c2ccc(OC)c(OC)c2)NC(=O)c2ccccc2)c1. The first-order valence-electron chi connectivity index (χ1n) is 14.1. The molecule has 0 radical (unpaired) electrons. The highest BCUT2D eigenvalue weighted by molar-refractivity contribution is 8.00. The fraction of sp³-hybridized carbons (Fsp3) is 0.143. The average Bonchev–Trinajstić information content (AvgIpc) is 3.08. The molecule has 10 nitrogen and oxygen atoms in total. The number of hydrogen-bond donors (Lipinski definition) is 3. The molecule has 4 aromatic carbocycles. The van der Waals surface area contributed by atoms with Gasteiger partial charge in [-0.25, -0.2) is 4.79 Å². The predicted octanol–water partition coefficient (Wildman–Crippen LogP) is 6.02. The summed E-state index contributed by atoms with van der Waals surface area (Å²) >= 11 is 1.27. The predicted molar refractivity (Wildman–Crippen MR) is 178 cm³/mol. The van der Waals surface area contributed by atoms with Crippen LogP contribution in [0.5, 0.6) is 11.5 Å². The second kappa shape index (κ2) is 16.0. The minimum Gasteiger partial charge on any atom is -0.493 e. The monoisotopic (exact) mass is 639 g/mol. The number of para-hydroxylation sites is 1. The summed E-state index contributed by atoms with van der Waals surface area (Å²) in [5.41, 5.74) is 2.01. The largest absolute Gasteiger partial charge is 0.493 e. The number of ether oxygens (including phenoxy) is 3. The minimum atomic E-state index is -0.563. The van der Waals surface area contributed by atoms with Crippen molar-refractivity contribution in [1.29, 1.82) is 0 Å². The Balaban J connectivity index is 1.52. The van der Waals surface area contributed by atoms with Gasteiger partial charge in [-0.05, 0) is 73.2 Å². The summed E-state index contributed by atoms with van der Waals surface area (Å²) < 4.78 is 15.5. The van der Waals surface area contributed by atoms with Crippen LogP contribution >= 0.6 is 11.8 Å². The normalized spacial score (nSPS) is 11.5. The molecule has 0 aliphatic heterocycles.